The Hall–Kier alpha value is -2.45. The van der Waals surface area contributed by atoms with E-state index in [9.17, 15) is 20.3 Å². The first-order valence-electron chi connectivity index (χ1n) is 13.1. The Morgan fingerprint density at radius 3 is 2.50 bits per heavy atom. The van der Waals surface area contributed by atoms with Crippen molar-refractivity contribution >= 4 is 29.1 Å². The number of hydrogen-bond acceptors (Lipinski definition) is 7. The molecule has 2 aromatic rings. The largest absolute Gasteiger partial charge is 0.491 e. The molecule has 8 nitrogen and oxygen atoms in total. The SMILES string of the molecule is CC(C)(C)CC1NC(C(=O)NCC[C@H](O)CO)C(c2cc(Cl)ccc2OCCO)C1(C#N)c1ccc(Cl)cc1F. The molecule has 1 heterocycles. The van der Waals surface area contributed by atoms with Crippen LogP contribution in [0.1, 0.15) is 50.7 Å². The van der Waals surface area contributed by atoms with Gasteiger partial charge in [-0.3, -0.25) is 4.79 Å². The molecule has 5 N–H and O–H groups in total. The summed E-state index contributed by atoms with van der Waals surface area (Å²) in [7, 11) is 0. The topological polar surface area (TPSA) is 135 Å². The Morgan fingerprint density at radius 2 is 1.90 bits per heavy atom. The predicted octanol–water partition coefficient (Wildman–Crippen LogP) is 3.68. The number of ether oxygens (including phenoxy) is 1. The van der Waals surface area contributed by atoms with Crippen LogP contribution in [0.15, 0.2) is 36.4 Å². The summed E-state index contributed by atoms with van der Waals surface area (Å²) in [6.45, 7) is 5.26. The van der Waals surface area contributed by atoms with Crippen LogP contribution in [0.5, 0.6) is 5.75 Å². The molecule has 1 fully saturated rings. The third kappa shape index (κ3) is 7.06. The zero-order valence-corrected chi connectivity index (χ0v) is 24.3. The van der Waals surface area contributed by atoms with Crippen LogP contribution in [-0.2, 0) is 10.2 Å². The molecule has 1 amide bonds. The monoisotopic (exact) mass is 595 g/mol. The predicted molar refractivity (Wildman–Crippen MR) is 151 cm³/mol. The van der Waals surface area contributed by atoms with Gasteiger partial charge in [0.1, 0.15) is 23.6 Å². The molecule has 0 saturated carbocycles. The lowest BCUT2D eigenvalue weighted by molar-refractivity contribution is -0.123. The van der Waals surface area contributed by atoms with Crippen molar-refractivity contribution in [3.8, 4) is 11.8 Å². The highest BCUT2D eigenvalue weighted by Gasteiger charge is 2.61. The molecule has 4 unspecified atom stereocenters. The summed E-state index contributed by atoms with van der Waals surface area (Å²) >= 11 is 12.5. The van der Waals surface area contributed by atoms with Crippen LogP contribution in [-0.4, -0.2) is 65.8 Å². The molecule has 5 atom stereocenters. The van der Waals surface area contributed by atoms with Crippen molar-refractivity contribution < 1.29 is 29.2 Å². The summed E-state index contributed by atoms with van der Waals surface area (Å²) in [5.74, 6) is -1.86. The Labute approximate surface area is 244 Å². The fourth-order valence-electron chi connectivity index (χ4n) is 5.41. The minimum absolute atomic E-state index is 0.0506. The smallest absolute Gasteiger partial charge is 0.237 e. The van der Waals surface area contributed by atoms with E-state index in [1.165, 1.54) is 12.1 Å². The normalized spacial score (nSPS) is 23.4. The van der Waals surface area contributed by atoms with Crippen LogP contribution < -0.4 is 15.4 Å². The lowest BCUT2D eigenvalue weighted by Gasteiger charge is -2.37. The maximum Gasteiger partial charge on any atom is 0.237 e. The van der Waals surface area contributed by atoms with E-state index in [-0.39, 0.29) is 42.2 Å². The third-order valence-corrected chi connectivity index (χ3v) is 7.53. The van der Waals surface area contributed by atoms with Gasteiger partial charge in [0.05, 0.1) is 31.4 Å². The van der Waals surface area contributed by atoms with E-state index < -0.39 is 47.9 Å². The van der Waals surface area contributed by atoms with Crippen LogP contribution in [0.25, 0.3) is 0 Å². The van der Waals surface area contributed by atoms with E-state index in [1.54, 1.807) is 18.2 Å². The highest BCUT2D eigenvalue weighted by molar-refractivity contribution is 6.31. The molecule has 218 valence electrons. The van der Waals surface area contributed by atoms with Crippen molar-refractivity contribution in [2.45, 2.75) is 63.1 Å². The van der Waals surface area contributed by atoms with Gasteiger partial charge in [0.15, 0.2) is 0 Å². The number of nitrogens with one attached hydrogen (secondary N) is 2. The van der Waals surface area contributed by atoms with Crippen molar-refractivity contribution in [3.63, 3.8) is 0 Å². The minimum atomic E-state index is -1.61. The first-order valence-corrected chi connectivity index (χ1v) is 13.9. The Morgan fingerprint density at radius 1 is 1.23 bits per heavy atom. The highest BCUT2D eigenvalue weighted by atomic mass is 35.5. The van der Waals surface area contributed by atoms with Crippen molar-refractivity contribution in [3.05, 3.63) is 63.4 Å². The van der Waals surface area contributed by atoms with Crippen LogP contribution in [0, 0.1) is 22.6 Å². The maximum atomic E-state index is 15.8. The van der Waals surface area contributed by atoms with Gasteiger partial charge in [0.2, 0.25) is 5.91 Å². The number of carbonyl (C=O) groups excluding carboxylic acids is 1. The summed E-state index contributed by atoms with van der Waals surface area (Å²) in [5, 5.41) is 45.9. The molecule has 1 aliphatic rings. The Bertz CT molecular complexity index is 1240. The van der Waals surface area contributed by atoms with Gasteiger partial charge in [-0.25, -0.2) is 4.39 Å². The number of hydrogen-bond donors (Lipinski definition) is 5. The van der Waals surface area contributed by atoms with Crippen molar-refractivity contribution in [2.75, 3.05) is 26.4 Å². The molecule has 0 bridgehead atoms. The average Bonchev–Trinajstić information content (AvgIpc) is 3.20. The standard InChI is InChI=1S/C29H36Cl2FN3O5/c1-28(2,3)14-24-29(16-33,21-6-4-18(31)13-22(21)32)25(20-12-17(30)5-7-23(20)40-11-10-36)26(35-24)27(39)34-9-8-19(38)15-37/h4-7,12-13,19,24-26,35-38H,8-11,14-15H2,1-3H3,(H,34,39)/t19-,24?,25?,26?,29?/m0/s1. The lowest BCUT2D eigenvalue weighted by Crippen LogP contribution is -2.46. The second-order valence-electron chi connectivity index (χ2n) is 11.2. The molecule has 40 heavy (non-hydrogen) atoms. The average molecular weight is 597 g/mol. The number of amides is 1. The van der Waals surface area contributed by atoms with Crippen molar-refractivity contribution in [2.24, 2.45) is 5.41 Å². The second kappa shape index (κ2) is 13.5. The number of aliphatic hydroxyl groups is 3. The van der Waals surface area contributed by atoms with E-state index in [1.807, 2.05) is 20.8 Å². The highest BCUT2D eigenvalue weighted by Crippen LogP contribution is 2.53. The van der Waals surface area contributed by atoms with Gasteiger partial charge in [-0.2, -0.15) is 5.26 Å². The Balaban J connectivity index is 2.28. The minimum Gasteiger partial charge on any atom is -0.491 e. The van der Waals surface area contributed by atoms with E-state index >= 15 is 4.39 Å². The second-order valence-corrected chi connectivity index (χ2v) is 12.1. The van der Waals surface area contributed by atoms with Gasteiger partial charge in [-0.15, -0.1) is 0 Å². The van der Waals surface area contributed by atoms with Crippen LogP contribution in [0.4, 0.5) is 4.39 Å². The van der Waals surface area contributed by atoms with E-state index in [0.717, 1.165) is 6.07 Å². The van der Waals surface area contributed by atoms with Crippen molar-refractivity contribution in [1.82, 2.24) is 10.6 Å². The van der Waals surface area contributed by atoms with E-state index in [4.69, 9.17) is 33.0 Å². The van der Waals surface area contributed by atoms with Gasteiger partial charge < -0.3 is 30.7 Å². The number of halogens is 3. The number of rotatable bonds is 11. The van der Waals surface area contributed by atoms with Gasteiger partial charge in [-0.05, 0) is 48.6 Å². The first-order chi connectivity index (χ1) is 18.9. The summed E-state index contributed by atoms with van der Waals surface area (Å²) in [4.78, 5) is 13.7. The van der Waals surface area contributed by atoms with Crippen LogP contribution in [0.3, 0.4) is 0 Å². The molecule has 11 heteroatoms. The van der Waals surface area contributed by atoms with Gasteiger partial charge in [0.25, 0.3) is 0 Å². The zero-order chi connectivity index (χ0) is 29.7. The first kappa shape index (κ1) is 32.1. The summed E-state index contributed by atoms with van der Waals surface area (Å²) in [5.41, 5.74) is -1.47. The molecule has 0 spiro atoms. The molecule has 0 aromatic heterocycles. The molecule has 1 saturated heterocycles. The molecule has 2 aromatic carbocycles. The fraction of sp³-hybridized carbons (Fsp3) is 0.517. The molecular weight excluding hydrogens is 560 g/mol. The number of nitriles is 1. The summed E-state index contributed by atoms with van der Waals surface area (Å²) in [6, 6.07) is 9.58. The summed E-state index contributed by atoms with van der Waals surface area (Å²) in [6.07, 6.45) is -0.490. The number of aliphatic hydroxyl groups excluding tert-OH is 3. The third-order valence-electron chi connectivity index (χ3n) is 7.06. The quantitative estimate of drug-likeness (QED) is 0.267. The van der Waals surface area contributed by atoms with E-state index in [2.05, 4.69) is 16.7 Å². The number of nitrogens with zero attached hydrogens (tertiary/aromatic N) is 1. The Kier molecular flexibility index (Phi) is 10.8. The van der Waals surface area contributed by atoms with Crippen LogP contribution in [0.2, 0.25) is 10.0 Å². The van der Waals surface area contributed by atoms with Gasteiger partial charge in [-0.1, -0.05) is 50.0 Å². The maximum absolute atomic E-state index is 15.8. The van der Waals surface area contributed by atoms with Gasteiger partial charge >= 0.3 is 0 Å². The van der Waals surface area contributed by atoms with E-state index in [0.29, 0.717) is 22.8 Å². The van der Waals surface area contributed by atoms with Crippen LogP contribution >= 0.6 is 23.2 Å². The van der Waals surface area contributed by atoms with Gasteiger partial charge in [0, 0.05) is 39.7 Å². The molecule has 0 radical (unpaired) electrons. The molecule has 3 rings (SSSR count). The molecule has 0 aliphatic carbocycles. The molecule has 1 aliphatic heterocycles. The zero-order valence-electron chi connectivity index (χ0n) is 22.8. The van der Waals surface area contributed by atoms with Crippen molar-refractivity contribution in [1.29, 1.82) is 5.26 Å². The number of benzene rings is 2. The molecular formula is C29H36Cl2FN3O5. The summed E-state index contributed by atoms with van der Waals surface area (Å²) < 4.78 is 21.6. The number of carbonyl (C=O) groups is 1. The lowest BCUT2D eigenvalue weighted by atomic mass is 9.62. The fourth-order valence-corrected chi connectivity index (χ4v) is 5.75.